The second-order valence-electron chi connectivity index (χ2n) is 27.5. The molecule has 0 aliphatic carbocycles. The number of carbonyl (C=O) groups excluding carboxylic acids is 4. The molecule has 2 unspecified atom stereocenters. The van der Waals surface area contributed by atoms with Gasteiger partial charge >= 0.3 is 39.5 Å². The highest BCUT2D eigenvalue weighted by molar-refractivity contribution is 7.47. The molecule has 0 aromatic carbocycles. The van der Waals surface area contributed by atoms with Crippen LogP contribution in [0.15, 0.2) is 0 Å². The van der Waals surface area contributed by atoms with Crippen LogP contribution in [-0.4, -0.2) is 96.7 Å². The van der Waals surface area contributed by atoms with E-state index in [-0.39, 0.29) is 25.7 Å². The van der Waals surface area contributed by atoms with Gasteiger partial charge in [-0.2, -0.15) is 0 Å². The molecule has 0 fully saturated rings. The van der Waals surface area contributed by atoms with E-state index in [0.717, 1.165) is 102 Å². The van der Waals surface area contributed by atoms with Gasteiger partial charge in [0.05, 0.1) is 26.4 Å². The quantitative estimate of drug-likeness (QED) is 0.0222. The molecular formula is C75H146O17P2. The van der Waals surface area contributed by atoms with Crippen molar-refractivity contribution in [2.24, 2.45) is 5.92 Å². The van der Waals surface area contributed by atoms with E-state index in [0.29, 0.717) is 25.7 Å². The Morgan fingerprint density at radius 1 is 0.287 bits per heavy atom. The first kappa shape index (κ1) is 92.1. The molecule has 17 nitrogen and oxygen atoms in total. The minimum atomic E-state index is -4.95. The van der Waals surface area contributed by atoms with Crippen LogP contribution in [0.5, 0.6) is 0 Å². The molecular weight excluding hydrogens is 1230 g/mol. The van der Waals surface area contributed by atoms with Gasteiger partial charge in [0.2, 0.25) is 0 Å². The summed E-state index contributed by atoms with van der Waals surface area (Å²) in [4.78, 5) is 72.5. The highest BCUT2D eigenvalue weighted by Crippen LogP contribution is 2.45. The molecule has 558 valence electrons. The van der Waals surface area contributed by atoms with Crippen molar-refractivity contribution in [3.63, 3.8) is 0 Å². The SMILES string of the molecule is CCCCCCCCCCCCCCCCC(=O)OC[C@H](COP(=O)(O)OC[C@@H](O)COP(=O)(O)OC[C@@H](COC(=O)CCCCCCC)OC(=O)CCCCCCCCCCCCCCCC)OC(=O)CCCCCCCCCCCCCCCCCCCCC(C)C. The summed E-state index contributed by atoms with van der Waals surface area (Å²) in [6, 6.07) is 0. The van der Waals surface area contributed by atoms with Gasteiger partial charge in [0, 0.05) is 25.7 Å². The van der Waals surface area contributed by atoms with Crippen molar-refractivity contribution in [2.45, 2.75) is 412 Å². The number of aliphatic hydroxyl groups excluding tert-OH is 1. The standard InChI is InChI=1S/C75H146O17P2/c1-6-9-12-15-17-19-21-23-32-36-40-44-49-54-59-73(78)86-65-71(92-75(80)61-56-51-46-42-38-34-30-28-26-25-27-29-31-35-39-43-48-52-57-68(4)5)67-90-94(83,84)88-63-69(76)62-87-93(81,82)89-66-70(64-85-72(77)58-53-47-14-11-8-3)91-74(79)60-55-50-45-41-37-33-24-22-20-18-16-13-10-7-2/h68-71,76H,6-67H2,1-5H3,(H,81,82)(H,83,84)/t69-,70+,71+/m0/s1. The Balaban J connectivity index is 5.11. The van der Waals surface area contributed by atoms with Crippen LogP contribution in [0.4, 0.5) is 0 Å². The highest BCUT2D eigenvalue weighted by Gasteiger charge is 2.30. The number of hydrogen-bond donors (Lipinski definition) is 3. The largest absolute Gasteiger partial charge is 0.472 e. The average molecular weight is 1380 g/mol. The summed E-state index contributed by atoms with van der Waals surface area (Å²) in [5, 5.41) is 10.6. The molecule has 0 bridgehead atoms. The molecule has 0 radical (unpaired) electrons. The molecule has 0 heterocycles. The van der Waals surface area contributed by atoms with E-state index < -0.39 is 97.5 Å². The number of ether oxygens (including phenoxy) is 4. The Morgan fingerprint density at radius 2 is 0.489 bits per heavy atom. The zero-order chi connectivity index (χ0) is 69.1. The van der Waals surface area contributed by atoms with Gasteiger partial charge in [0.25, 0.3) is 0 Å². The normalized spacial score (nSPS) is 14.0. The predicted molar refractivity (Wildman–Crippen MR) is 382 cm³/mol. The monoisotopic (exact) mass is 1380 g/mol. The van der Waals surface area contributed by atoms with Gasteiger partial charge in [-0.1, -0.05) is 343 Å². The third-order valence-electron chi connectivity index (χ3n) is 17.5. The van der Waals surface area contributed by atoms with Crippen LogP contribution in [0.2, 0.25) is 0 Å². The van der Waals surface area contributed by atoms with E-state index in [4.69, 9.17) is 37.0 Å². The number of phosphoric acid groups is 2. The van der Waals surface area contributed by atoms with Crippen molar-refractivity contribution in [1.82, 2.24) is 0 Å². The molecule has 3 N–H and O–H groups in total. The minimum Gasteiger partial charge on any atom is -0.462 e. The fourth-order valence-electron chi connectivity index (χ4n) is 11.5. The van der Waals surface area contributed by atoms with Gasteiger partial charge in [-0.3, -0.25) is 37.3 Å². The van der Waals surface area contributed by atoms with Crippen LogP contribution >= 0.6 is 15.6 Å². The van der Waals surface area contributed by atoms with E-state index in [1.807, 2.05) is 0 Å². The molecule has 0 aliphatic rings. The number of unbranched alkanes of at least 4 members (excludes halogenated alkanes) is 47. The Bertz CT molecular complexity index is 1810. The third-order valence-corrected chi connectivity index (χ3v) is 19.4. The van der Waals surface area contributed by atoms with Crippen LogP contribution in [0.25, 0.3) is 0 Å². The summed E-state index contributed by atoms with van der Waals surface area (Å²) in [5.41, 5.74) is 0. The average Bonchev–Trinajstić information content (AvgIpc) is 3.35. The lowest BCUT2D eigenvalue weighted by Gasteiger charge is -2.21. The molecule has 0 aliphatic heterocycles. The Kier molecular flexibility index (Phi) is 66.8. The number of rotatable bonds is 75. The second-order valence-corrected chi connectivity index (χ2v) is 30.4. The van der Waals surface area contributed by atoms with E-state index in [9.17, 15) is 43.2 Å². The van der Waals surface area contributed by atoms with E-state index in [1.54, 1.807) is 0 Å². The molecule has 0 aromatic heterocycles. The number of phosphoric ester groups is 2. The first-order valence-corrected chi connectivity index (χ1v) is 42.1. The third kappa shape index (κ3) is 68.6. The number of carbonyl (C=O) groups is 4. The predicted octanol–water partition coefficient (Wildman–Crippen LogP) is 22.1. The van der Waals surface area contributed by atoms with Crippen LogP contribution in [0, 0.1) is 5.92 Å². The van der Waals surface area contributed by atoms with Crippen molar-refractivity contribution >= 4 is 39.5 Å². The zero-order valence-electron chi connectivity index (χ0n) is 61.1. The van der Waals surface area contributed by atoms with E-state index in [1.165, 1.54) is 212 Å². The summed E-state index contributed by atoms with van der Waals surface area (Å²) < 4.78 is 68.3. The lowest BCUT2D eigenvalue weighted by atomic mass is 10.0. The van der Waals surface area contributed by atoms with Gasteiger partial charge < -0.3 is 33.8 Å². The molecule has 5 atom stereocenters. The maximum absolute atomic E-state index is 13.1. The van der Waals surface area contributed by atoms with Crippen LogP contribution in [-0.2, 0) is 65.4 Å². The fraction of sp³-hybridized carbons (Fsp3) is 0.947. The van der Waals surface area contributed by atoms with Crippen molar-refractivity contribution in [3.05, 3.63) is 0 Å². The Labute approximate surface area is 575 Å². The molecule has 19 heteroatoms. The Morgan fingerprint density at radius 3 is 0.723 bits per heavy atom. The van der Waals surface area contributed by atoms with Gasteiger partial charge in [-0.15, -0.1) is 0 Å². The maximum Gasteiger partial charge on any atom is 0.472 e. The Hall–Kier alpha value is -1.94. The first-order valence-electron chi connectivity index (χ1n) is 39.1. The van der Waals surface area contributed by atoms with Crippen molar-refractivity contribution in [2.75, 3.05) is 39.6 Å². The van der Waals surface area contributed by atoms with Crippen LogP contribution in [0.3, 0.4) is 0 Å². The van der Waals surface area contributed by atoms with Gasteiger partial charge in [0.1, 0.15) is 19.3 Å². The van der Waals surface area contributed by atoms with Gasteiger partial charge in [-0.25, -0.2) is 9.13 Å². The lowest BCUT2D eigenvalue weighted by molar-refractivity contribution is -0.161. The topological polar surface area (TPSA) is 237 Å². The molecule has 0 saturated heterocycles. The highest BCUT2D eigenvalue weighted by atomic mass is 31.2. The fourth-order valence-corrected chi connectivity index (χ4v) is 13.1. The first-order chi connectivity index (χ1) is 45.5. The molecule has 0 saturated carbocycles. The van der Waals surface area contributed by atoms with Crippen LogP contribution < -0.4 is 0 Å². The smallest absolute Gasteiger partial charge is 0.462 e. The van der Waals surface area contributed by atoms with Crippen molar-refractivity contribution < 1.29 is 80.2 Å². The zero-order valence-corrected chi connectivity index (χ0v) is 62.9. The second kappa shape index (κ2) is 68.2. The summed E-state index contributed by atoms with van der Waals surface area (Å²) >= 11 is 0. The molecule has 0 amide bonds. The number of hydrogen-bond acceptors (Lipinski definition) is 15. The lowest BCUT2D eigenvalue weighted by Crippen LogP contribution is -2.30. The summed E-state index contributed by atoms with van der Waals surface area (Å²) in [5.74, 6) is -1.30. The summed E-state index contributed by atoms with van der Waals surface area (Å²) in [7, 11) is -9.90. The van der Waals surface area contributed by atoms with Gasteiger partial charge in [-0.05, 0) is 31.6 Å². The van der Waals surface area contributed by atoms with Gasteiger partial charge in [0.15, 0.2) is 12.2 Å². The molecule has 0 spiro atoms. The van der Waals surface area contributed by atoms with E-state index in [2.05, 4.69) is 34.6 Å². The van der Waals surface area contributed by atoms with Crippen molar-refractivity contribution in [1.29, 1.82) is 0 Å². The van der Waals surface area contributed by atoms with Crippen LogP contribution in [0.1, 0.15) is 394 Å². The summed E-state index contributed by atoms with van der Waals surface area (Å²) in [6.45, 7) is 7.24. The van der Waals surface area contributed by atoms with E-state index >= 15 is 0 Å². The molecule has 0 rings (SSSR count). The number of aliphatic hydroxyl groups is 1. The number of esters is 4. The maximum atomic E-state index is 13.1. The molecule has 94 heavy (non-hydrogen) atoms. The summed E-state index contributed by atoms with van der Waals surface area (Å²) in [6.07, 6.45) is 57.3. The molecule has 0 aromatic rings. The minimum absolute atomic E-state index is 0.107. The van der Waals surface area contributed by atoms with Crippen molar-refractivity contribution in [3.8, 4) is 0 Å².